The molecule has 8 heteroatoms. The Morgan fingerprint density at radius 2 is 1.76 bits per heavy atom. The number of hydrogen-bond donors (Lipinski definition) is 1. The minimum absolute atomic E-state index is 0.00604. The fraction of sp³-hybridized carbons (Fsp3) is 0.0952. The molecule has 1 N–H and O–H groups in total. The first kappa shape index (κ1) is 19.9. The SMILES string of the molecule is N#Cc1c(-c2ccccc2OCc2ccc(C(F)(F)F)cc2)ccnc1C(=O)O. The molecule has 0 atom stereocenters. The van der Waals surface area contributed by atoms with Crippen LogP contribution in [0, 0.1) is 11.3 Å². The highest BCUT2D eigenvalue weighted by atomic mass is 19.4. The molecular formula is C21H13F3N2O3. The lowest BCUT2D eigenvalue weighted by Crippen LogP contribution is -2.06. The zero-order chi connectivity index (χ0) is 21.0. The van der Waals surface area contributed by atoms with Crippen molar-refractivity contribution in [3.63, 3.8) is 0 Å². The summed E-state index contributed by atoms with van der Waals surface area (Å²) < 4.78 is 43.7. The number of nitrogens with zero attached hydrogens (tertiary/aromatic N) is 2. The lowest BCUT2D eigenvalue weighted by molar-refractivity contribution is -0.137. The van der Waals surface area contributed by atoms with E-state index in [9.17, 15) is 28.3 Å². The second-order valence-electron chi connectivity index (χ2n) is 5.98. The number of carboxylic acid groups (broad SMARTS) is 1. The first-order valence-electron chi connectivity index (χ1n) is 8.32. The van der Waals surface area contributed by atoms with Crippen molar-refractivity contribution in [1.82, 2.24) is 4.98 Å². The van der Waals surface area contributed by atoms with Crippen LogP contribution in [-0.4, -0.2) is 16.1 Å². The normalized spacial score (nSPS) is 11.0. The Bertz CT molecular complexity index is 1090. The van der Waals surface area contributed by atoms with Crippen LogP contribution in [0.25, 0.3) is 11.1 Å². The number of halogens is 3. The van der Waals surface area contributed by atoms with Gasteiger partial charge in [0.25, 0.3) is 0 Å². The van der Waals surface area contributed by atoms with Crippen LogP contribution in [0.5, 0.6) is 5.75 Å². The van der Waals surface area contributed by atoms with Gasteiger partial charge in [-0.05, 0) is 29.8 Å². The van der Waals surface area contributed by atoms with Crippen LogP contribution >= 0.6 is 0 Å². The molecule has 1 heterocycles. The number of rotatable bonds is 5. The average Bonchev–Trinajstić information content (AvgIpc) is 2.71. The van der Waals surface area contributed by atoms with E-state index in [0.717, 1.165) is 12.1 Å². The minimum Gasteiger partial charge on any atom is -0.488 e. The molecule has 3 rings (SSSR count). The van der Waals surface area contributed by atoms with E-state index in [4.69, 9.17) is 4.74 Å². The molecule has 146 valence electrons. The van der Waals surface area contributed by atoms with Crippen molar-refractivity contribution in [2.24, 2.45) is 0 Å². The number of ether oxygens (including phenoxy) is 1. The number of nitriles is 1. The molecule has 29 heavy (non-hydrogen) atoms. The number of aromatic carboxylic acids is 1. The van der Waals surface area contributed by atoms with Gasteiger partial charge in [-0.2, -0.15) is 18.4 Å². The molecule has 0 amide bonds. The number of benzene rings is 2. The van der Waals surface area contributed by atoms with E-state index in [-0.39, 0.29) is 17.9 Å². The van der Waals surface area contributed by atoms with Crippen molar-refractivity contribution in [1.29, 1.82) is 5.26 Å². The van der Waals surface area contributed by atoms with Crippen molar-refractivity contribution in [3.05, 3.63) is 83.2 Å². The van der Waals surface area contributed by atoms with Gasteiger partial charge < -0.3 is 9.84 Å². The zero-order valence-corrected chi connectivity index (χ0v) is 14.8. The van der Waals surface area contributed by atoms with Crippen molar-refractivity contribution in [3.8, 4) is 22.9 Å². The maximum Gasteiger partial charge on any atom is 0.416 e. The third-order valence-electron chi connectivity index (χ3n) is 4.12. The van der Waals surface area contributed by atoms with E-state index >= 15 is 0 Å². The van der Waals surface area contributed by atoms with Gasteiger partial charge in [0.05, 0.1) is 11.1 Å². The summed E-state index contributed by atoms with van der Waals surface area (Å²) in [5, 5.41) is 18.7. The Morgan fingerprint density at radius 1 is 1.07 bits per heavy atom. The summed E-state index contributed by atoms with van der Waals surface area (Å²) in [5.74, 6) is -0.974. The van der Waals surface area contributed by atoms with Crippen LogP contribution in [0.4, 0.5) is 13.2 Å². The lowest BCUT2D eigenvalue weighted by Gasteiger charge is -2.14. The first-order valence-corrected chi connectivity index (χ1v) is 8.32. The van der Waals surface area contributed by atoms with Gasteiger partial charge in [0.2, 0.25) is 0 Å². The molecule has 0 unspecified atom stereocenters. The maximum absolute atomic E-state index is 12.7. The Kier molecular flexibility index (Phi) is 5.50. The third kappa shape index (κ3) is 4.35. The summed E-state index contributed by atoms with van der Waals surface area (Å²) in [4.78, 5) is 15.1. The second kappa shape index (κ2) is 8.02. The van der Waals surface area contributed by atoms with Gasteiger partial charge in [-0.15, -0.1) is 0 Å². The Balaban J connectivity index is 1.90. The van der Waals surface area contributed by atoms with E-state index in [2.05, 4.69) is 4.98 Å². The molecule has 1 aromatic heterocycles. The van der Waals surface area contributed by atoms with Gasteiger partial charge >= 0.3 is 12.1 Å². The molecule has 0 fully saturated rings. The van der Waals surface area contributed by atoms with Crippen LogP contribution in [0.3, 0.4) is 0 Å². The Morgan fingerprint density at radius 3 is 2.38 bits per heavy atom. The number of hydrogen-bond acceptors (Lipinski definition) is 4. The fourth-order valence-electron chi connectivity index (χ4n) is 2.73. The van der Waals surface area contributed by atoms with E-state index in [0.29, 0.717) is 22.4 Å². The monoisotopic (exact) mass is 398 g/mol. The summed E-state index contributed by atoms with van der Waals surface area (Å²) in [5.41, 5.74) is 0.101. The highest BCUT2D eigenvalue weighted by molar-refractivity contribution is 5.92. The first-order chi connectivity index (χ1) is 13.8. The van der Waals surface area contributed by atoms with Crippen LogP contribution < -0.4 is 4.74 Å². The van der Waals surface area contributed by atoms with Crippen molar-refractivity contribution in [2.75, 3.05) is 0 Å². The lowest BCUT2D eigenvalue weighted by atomic mass is 9.99. The third-order valence-corrected chi connectivity index (χ3v) is 4.12. The molecule has 0 saturated heterocycles. The van der Waals surface area contributed by atoms with Crippen LogP contribution in [0.1, 0.15) is 27.2 Å². The maximum atomic E-state index is 12.7. The van der Waals surface area contributed by atoms with Crippen molar-refractivity contribution in [2.45, 2.75) is 12.8 Å². The van der Waals surface area contributed by atoms with Gasteiger partial charge in [0.1, 0.15) is 18.4 Å². The number of para-hydroxylation sites is 1. The van der Waals surface area contributed by atoms with E-state index < -0.39 is 17.7 Å². The highest BCUT2D eigenvalue weighted by Crippen LogP contribution is 2.34. The van der Waals surface area contributed by atoms with Gasteiger partial charge in [-0.25, -0.2) is 9.78 Å². The molecule has 0 aliphatic carbocycles. The summed E-state index contributed by atoms with van der Waals surface area (Å²) >= 11 is 0. The van der Waals surface area contributed by atoms with Crippen LogP contribution in [0.2, 0.25) is 0 Å². The second-order valence-corrected chi connectivity index (χ2v) is 5.98. The minimum atomic E-state index is -4.41. The molecule has 3 aromatic rings. The topological polar surface area (TPSA) is 83.2 Å². The number of alkyl halides is 3. The molecule has 0 spiro atoms. The summed E-state index contributed by atoms with van der Waals surface area (Å²) in [6, 6.07) is 14.6. The number of aromatic nitrogens is 1. The van der Waals surface area contributed by atoms with E-state index in [1.165, 1.54) is 24.4 Å². The number of carboxylic acids is 1. The van der Waals surface area contributed by atoms with Gasteiger partial charge in [0.15, 0.2) is 5.69 Å². The largest absolute Gasteiger partial charge is 0.488 e. The molecule has 5 nitrogen and oxygen atoms in total. The predicted molar refractivity (Wildman–Crippen MR) is 97.1 cm³/mol. The molecule has 2 aromatic carbocycles. The Hall–Kier alpha value is -3.86. The van der Waals surface area contributed by atoms with Crippen LogP contribution in [-0.2, 0) is 12.8 Å². The molecule has 0 bridgehead atoms. The van der Waals surface area contributed by atoms with Gasteiger partial charge in [-0.3, -0.25) is 0 Å². The van der Waals surface area contributed by atoms with Gasteiger partial charge in [0, 0.05) is 17.3 Å². The summed E-state index contributed by atoms with van der Waals surface area (Å²) in [6.07, 6.45) is -3.13. The quantitative estimate of drug-likeness (QED) is 0.660. The number of carbonyl (C=O) groups is 1. The highest BCUT2D eigenvalue weighted by Gasteiger charge is 2.29. The zero-order valence-electron chi connectivity index (χ0n) is 14.8. The van der Waals surface area contributed by atoms with Crippen LogP contribution in [0.15, 0.2) is 60.8 Å². The van der Waals surface area contributed by atoms with E-state index in [1.807, 2.05) is 6.07 Å². The fourth-order valence-corrected chi connectivity index (χ4v) is 2.73. The van der Waals surface area contributed by atoms with E-state index in [1.54, 1.807) is 24.3 Å². The van der Waals surface area contributed by atoms with Gasteiger partial charge in [-0.1, -0.05) is 30.3 Å². The van der Waals surface area contributed by atoms with Crippen molar-refractivity contribution >= 4 is 5.97 Å². The molecule has 0 aliphatic heterocycles. The molecule has 0 saturated carbocycles. The molecular weight excluding hydrogens is 385 g/mol. The summed E-state index contributed by atoms with van der Waals surface area (Å²) in [6.45, 7) is -0.00604. The van der Waals surface area contributed by atoms with Crippen molar-refractivity contribution < 1.29 is 27.8 Å². The Labute approximate surface area is 163 Å². The summed E-state index contributed by atoms with van der Waals surface area (Å²) in [7, 11) is 0. The molecule has 0 aliphatic rings. The number of pyridine rings is 1. The predicted octanol–water partition coefficient (Wildman–Crippen LogP) is 4.92. The molecule has 0 radical (unpaired) electrons. The standard InChI is InChI=1S/C21H13F3N2O3/c22-21(23,24)14-7-5-13(6-8-14)12-29-18-4-2-1-3-16(18)15-9-10-26-19(20(27)28)17(15)11-25/h1-10H,12H2,(H,27,28). The average molecular weight is 398 g/mol. The smallest absolute Gasteiger partial charge is 0.416 e.